The van der Waals surface area contributed by atoms with Gasteiger partial charge in [0.05, 0.1) is 17.1 Å². The molecule has 0 aromatic heterocycles. The monoisotopic (exact) mass is 179 g/mol. The lowest BCUT2D eigenvalue weighted by Crippen LogP contribution is -2.42. The van der Waals surface area contributed by atoms with E-state index in [-0.39, 0.29) is 5.41 Å². The zero-order valence-corrected chi connectivity index (χ0v) is 8.21. The van der Waals surface area contributed by atoms with Gasteiger partial charge < -0.3 is 5.11 Å². The summed E-state index contributed by atoms with van der Waals surface area (Å²) >= 11 is 0. The van der Waals surface area contributed by atoms with Gasteiger partial charge in [-0.2, -0.15) is 5.26 Å². The molecular weight excluding hydrogens is 162 g/mol. The Bertz CT molecular complexity index is 251. The SMILES string of the molecule is CC1CCCC(O)(C2(C#N)CC2)C1. The van der Waals surface area contributed by atoms with E-state index in [2.05, 4.69) is 13.0 Å². The van der Waals surface area contributed by atoms with Crippen LogP contribution in [0.5, 0.6) is 0 Å². The van der Waals surface area contributed by atoms with E-state index in [4.69, 9.17) is 5.26 Å². The van der Waals surface area contributed by atoms with Crippen LogP contribution in [0.4, 0.5) is 0 Å². The summed E-state index contributed by atoms with van der Waals surface area (Å²) in [5, 5.41) is 19.5. The van der Waals surface area contributed by atoms with Gasteiger partial charge in [-0.1, -0.05) is 19.8 Å². The number of aliphatic hydroxyl groups is 1. The van der Waals surface area contributed by atoms with Crippen molar-refractivity contribution in [3.63, 3.8) is 0 Å². The molecule has 1 N–H and O–H groups in total. The molecule has 0 aromatic rings. The average molecular weight is 179 g/mol. The fourth-order valence-corrected chi connectivity index (χ4v) is 2.76. The molecule has 2 fully saturated rings. The van der Waals surface area contributed by atoms with Gasteiger partial charge in [0.2, 0.25) is 0 Å². The van der Waals surface area contributed by atoms with Crippen molar-refractivity contribution < 1.29 is 5.11 Å². The first-order chi connectivity index (χ1) is 6.12. The molecule has 2 aliphatic carbocycles. The predicted octanol–water partition coefficient (Wildman–Crippen LogP) is 2.23. The molecule has 0 heterocycles. The van der Waals surface area contributed by atoms with E-state index in [0.717, 1.165) is 32.1 Å². The van der Waals surface area contributed by atoms with Crippen LogP contribution in [0.15, 0.2) is 0 Å². The van der Waals surface area contributed by atoms with Crippen molar-refractivity contribution in [1.29, 1.82) is 5.26 Å². The maximum Gasteiger partial charge on any atom is 0.0861 e. The number of hydrogen-bond donors (Lipinski definition) is 1. The van der Waals surface area contributed by atoms with Gasteiger partial charge in [0.1, 0.15) is 0 Å². The summed E-state index contributed by atoms with van der Waals surface area (Å²) in [6, 6.07) is 2.33. The van der Waals surface area contributed by atoms with Gasteiger partial charge in [0, 0.05) is 0 Å². The molecule has 0 saturated heterocycles. The molecule has 0 aliphatic heterocycles. The minimum Gasteiger partial charge on any atom is -0.388 e. The summed E-state index contributed by atoms with van der Waals surface area (Å²) < 4.78 is 0. The minimum atomic E-state index is -0.653. The molecule has 0 spiro atoms. The molecule has 2 atom stereocenters. The fourth-order valence-electron chi connectivity index (χ4n) is 2.76. The van der Waals surface area contributed by atoms with E-state index >= 15 is 0 Å². The van der Waals surface area contributed by atoms with Crippen molar-refractivity contribution in [2.45, 2.75) is 51.0 Å². The van der Waals surface area contributed by atoms with E-state index in [9.17, 15) is 5.11 Å². The van der Waals surface area contributed by atoms with E-state index < -0.39 is 5.60 Å². The second kappa shape index (κ2) is 2.72. The van der Waals surface area contributed by atoms with Gasteiger partial charge in [0.25, 0.3) is 0 Å². The first-order valence-corrected chi connectivity index (χ1v) is 5.26. The van der Waals surface area contributed by atoms with Crippen LogP contribution < -0.4 is 0 Å². The standard InChI is InChI=1S/C11H17NO/c1-9-3-2-4-11(13,7-9)10(8-12)5-6-10/h9,13H,2-7H2,1H3. The van der Waals surface area contributed by atoms with E-state index in [1.54, 1.807) is 0 Å². The first-order valence-electron chi connectivity index (χ1n) is 5.26. The Labute approximate surface area is 79.6 Å². The Kier molecular flexibility index (Phi) is 1.89. The number of nitriles is 1. The van der Waals surface area contributed by atoms with Crippen LogP contribution in [-0.4, -0.2) is 10.7 Å². The molecule has 2 saturated carbocycles. The minimum absolute atomic E-state index is 0.359. The maximum atomic E-state index is 10.4. The van der Waals surface area contributed by atoms with Crippen LogP contribution in [0.1, 0.15) is 45.4 Å². The third kappa shape index (κ3) is 1.26. The maximum absolute atomic E-state index is 10.4. The van der Waals surface area contributed by atoms with Crippen molar-refractivity contribution in [2.24, 2.45) is 11.3 Å². The number of rotatable bonds is 1. The second-order valence-electron chi connectivity index (χ2n) is 4.93. The van der Waals surface area contributed by atoms with Crippen molar-refractivity contribution in [3.8, 4) is 6.07 Å². The highest BCUT2D eigenvalue weighted by Gasteiger charge is 2.59. The molecular formula is C11H17NO. The van der Waals surface area contributed by atoms with Gasteiger partial charge in [-0.3, -0.25) is 0 Å². The van der Waals surface area contributed by atoms with Crippen LogP contribution in [0, 0.1) is 22.7 Å². The molecule has 0 aromatic carbocycles. The number of nitrogens with zero attached hydrogens (tertiary/aromatic N) is 1. The van der Waals surface area contributed by atoms with Crippen LogP contribution in [0.2, 0.25) is 0 Å². The van der Waals surface area contributed by atoms with Crippen LogP contribution in [-0.2, 0) is 0 Å². The normalized spacial score (nSPS) is 42.4. The summed E-state index contributed by atoms with van der Waals surface area (Å²) in [5.41, 5.74) is -1.01. The lowest BCUT2D eigenvalue weighted by Gasteiger charge is -2.39. The summed E-state index contributed by atoms with van der Waals surface area (Å²) in [5.74, 6) is 0.588. The molecule has 2 rings (SSSR count). The van der Waals surface area contributed by atoms with Crippen molar-refractivity contribution in [1.82, 2.24) is 0 Å². The highest BCUT2D eigenvalue weighted by atomic mass is 16.3. The highest BCUT2D eigenvalue weighted by Crippen LogP contribution is 2.58. The fraction of sp³-hybridized carbons (Fsp3) is 0.909. The van der Waals surface area contributed by atoms with E-state index in [1.165, 1.54) is 6.42 Å². The molecule has 72 valence electrons. The smallest absolute Gasteiger partial charge is 0.0861 e. The quantitative estimate of drug-likeness (QED) is 0.670. The molecule has 2 nitrogen and oxygen atoms in total. The first kappa shape index (κ1) is 9.02. The van der Waals surface area contributed by atoms with Crippen molar-refractivity contribution in [3.05, 3.63) is 0 Å². The lowest BCUT2D eigenvalue weighted by molar-refractivity contribution is -0.0557. The Morgan fingerprint density at radius 3 is 2.54 bits per heavy atom. The zero-order chi connectivity index (χ0) is 9.53. The Morgan fingerprint density at radius 1 is 1.38 bits per heavy atom. The molecule has 2 aliphatic rings. The third-order valence-corrected chi connectivity index (χ3v) is 3.83. The molecule has 0 radical (unpaired) electrons. The lowest BCUT2D eigenvalue weighted by atomic mass is 9.70. The largest absolute Gasteiger partial charge is 0.388 e. The molecule has 0 amide bonds. The van der Waals surface area contributed by atoms with Crippen LogP contribution in [0.3, 0.4) is 0 Å². The van der Waals surface area contributed by atoms with Crippen LogP contribution >= 0.6 is 0 Å². The summed E-state index contributed by atoms with van der Waals surface area (Å²) in [7, 11) is 0. The molecule has 0 bridgehead atoms. The van der Waals surface area contributed by atoms with Gasteiger partial charge in [-0.15, -0.1) is 0 Å². The Hall–Kier alpha value is -0.550. The average Bonchev–Trinajstić information content (AvgIpc) is 2.83. The van der Waals surface area contributed by atoms with Crippen LogP contribution in [0.25, 0.3) is 0 Å². The molecule has 2 unspecified atom stereocenters. The van der Waals surface area contributed by atoms with Gasteiger partial charge in [0.15, 0.2) is 0 Å². The van der Waals surface area contributed by atoms with Gasteiger partial charge in [-0.05, 0) is 31.6 Å². The topological polar surface area (TPSA) is 44.0 Å². The second-order valence-corrected chi connectivity index (χ2v) is 4.93. The van der Waals surface area contributed by atoms with Gasteiger partial charge in [-0.25, -0.2) is 0 Å². The van der Waals surface area contributed by atoms with E-state index in [0.29, 0.717) is 5.92 Å². The zero-order valence-electron chi connectivity index (χ0n) is 8.21. The summed E-state index contributed by atoms with van der Waals surface area (Å²) in [6.07, 6.45) is 5.79. The van der Waals surface area contributed by atoms with Crippen molar-refractivity contribution in [2.75, 3.05) is 0 Å². The molecule has 13 heavy (non-hydrogen) atoms. The van der Waals surface area contributed by atoms with Crippen molar-refractivity contribution >= 4 is 0 Å². The predicted molar refractivity (Wildman–Crippen MR) is 49.9 cm³/mol. The number of hydrogen-bond acceptors (Lipinski definition) is 2. The Morgan fingerprint density at radius 2 is 2.08 bits per heavy atom. The van der Waals surface area contributed by atoms with E-state index in [1.807, 2.05) is 0 Å². The Balaban J connectivity index is 2.16. The van der Waals surface area contributed by atoms with Gasteiger partial charge >= 0.3 is 0 Å². The third-order valence-electron chi connectivity index (χ3n) is 3.83. The molecule has 2 heteroatoms. The summed E-state index contributed by atoms with van der Waals surface area (Å²) in [6.45, 7) is 2.18. The summed E-state index contributed by atoms with van der Waals surface area (Å²) in [4.78, 5) is 0. The highest BCUT2D eigenvalue weighted by molar-refractivity contribution is 5.21.